The van der Waals surface area contributed by atoms with Crippen molar-refractivity contribution in [3.05, 3.63) is 11.6 Å². The zero-order valence-electron chi connectivity index (χ0n) is 5.48. The molecule has 1 heterocycles. The van der Waals surface area contributed by atoms with Crippen LogP contribution in [0.1, 0.15) is 0 Å². The van der Waals surface area contributed by atoms with Crippen molar-refractivity contribution in [1.29, 1.82) is 0 Å². The molecule has 0 bridgehead atoms. The maximum Gasteiger partial charge on any atom is 0.324 e. The van der Waals surface area contributed by atoms with Gasteiger partial charge >= 0.3 is 5.97 Å². The standard InChI is InChI=1S/C6H7NO2S/c1-9-6(8)5-4-7-2-3-10-5/h2-5H,1H3. The summed E-state index contributed by atoms with van der Waals surface area (Å²) in [7, 11) is 1.37. The molecule has 0 amide bonds. The molecule has 0 N–H and O–H groups in total. The number of carbonyl (C=O) groups excluding carboxylic acids is 1. The predicted octanol–water partition coefficient (Wildman–Crippen LogP) is 0.817. The number of carbonyl (C=O) groups is 1. The van der Waals surface area contributed by atoms with E-state index < -0.39 is 0 Å². The van der Waals surface area contributed by atoms with Crippen LogP contribution in [0.2, 0.25) is 0 Å². The molecule has 4 heteroatoms. The number of nitrogens with zero attached hydrogens (tertiary/aromatic N) is 1. The van der Waals surface area contributed by atoms with Crippen LogP contribution in [0.25, 0.3) is 0 Å². The Morgan fingerprint density at radius 2 is 2.60 bits per heavy atom. The largest absolute Gasteiger partial charge is 0.468 e. The van der Waals surface area contributed by atoms with Gasteiger partial charge in [-0.15, -0.1) is 11.8 Å². The molecule has 1 unspecified atom stereocenters. The third kappa shape index (κ3) is 1.60. The lowest BCUT2D eigenvalue weighted by molar-refractivity contribution is -0.138. The van der Waals surface area contributed by atoms with Crippen molar-refractivity contribution in [2.24, 2.45) is 4.99 Å². The van der Waals surface area contributed by atoms with Crippen molar-refractivity contribution in [3.63, 3.8) is 0 Å². The Labute approximate surface area is 63.2 Å². The quantitative estimate of drug-likeness (QED) is 0.529. The highest BCUT2D eigenvalue weighted by atomic mass is 32.2. The molecule has 0 aromatic carbocycles. The number of hydrogen-bond acceptors (Lipinski definition) is 4. The van der Waals surface area contributed by atoms with Gasteiger partial charge < -0.3 is 4.74 Å². The molecule has 1 aliphatic heterocycles. The van der Waals surface area contributed by atoms with E-state index in [-0.39, 0.29) is 11.2 Å². The zero-order chi connectivity index (χ0) is 7.40. The third-order valence-electron chi connectivity index (χ3n) is 1.03. The Bertz CT molecular complexity index is 188. The van der Waals surface area contributed by atoms with E-state index in [1.807, 2.05) is 0 Å². The SMILES string of the molecule is COC(=O)C1C=NC=CS1. The fourth-order valence-corrected chi connectivity index (χ4v) is 1.21. The Kier molecular flexibility index (Phi) is 2.50. The summed E-state index contributed by atoms with van der Waals surface area (Å²) in [6, 6.07) is 0. The van der Waals surface area contributed by atoms with Gasteiger partial charge in [-0.25, -0.2) is 0 Å². The van der Waals surface area contributed by atoms with E-state index >= 15 is 0 Å². The average Bonchev–Trinajstić information content (AvgIpc) is 2.05. The monoisotopic (exact) mass is 157 g/mol. The fourth-order valence-electron chi connectivity index (χ4n) is 0.550. The first-order valence-electron chi connectivity index (χ1n) is 2.76. The molecule has 0 saturated heterocycles. The first-order chi connectivity index (χ1) is 4.84. The van der Waals surface area contributed by atoms with Gasteiger partial charge in [0, 0.05) is 12.4 Å². The lowest BCUT2D eigenvalue weighted by atomic mass is 10.4. The molecule has 3 nitrogen and oxygen atoms in total. The number of rotatable bonds is 1. The molecule has 1 aliphatic rings. The summed E-state index contributed by atoms with van der Waals surface area (Å²) in [5, 5.41) is 1.51. The normalized spacial score (nSPS) is 22.7. The van der Waals surface area contributed by atoms with E-state index in [4.69, 9.17) is 0 Å². The topological polar surface area (TPSA) is 38.7 Å². The minimum absolute atomic E-state index is 0.252. The summed E-state index contributed by atoms with van der Waals surface area (Å²) in [4.78, 5) is 14.6. The van der Waals surface area contributed by atoms with Crippen molar-refractivity contribution in [2.45, 2.75) is 5.25 Å². The van der Waals surface area contributed by atoms with Crippen molar-refractivity contribution in [3.8, 4) is 0 Å². The van der Waals surface area contributed by atoms with Crippen LogP contribution in [0.4, 0.5) is 0 Å². The van der Waals surface area contributed by atoms with E-state index in [9.17, 15) is 4.79 Å². The van der Waals surface area contributed by atoms with E-state index in [0.717, 1.165) is 0 Å². The maximum absolute atomic E-state index is 10.8. The van der Waals surface area contributed by atoms with Crippen LogP contribution in [-0.4, -0.2) is 24.5 Å². The van der Waals surface area contributed by atoms with Gasteiger partial charge in [-0.05, 0) is 5.41 Å². The fraction of sp³-hybridized carbons (Fsp3) is 0.333. The molecular weight excluding hydrogens is 150 g/mol. The summed E-state index contributed by atoms with van der Waals surface area (Å²) in [5.41, 5.74) is 0. The second kappa shape index (κ2) is 3.41. The van der Waals surface area contributed by atoms with E-state index in [0.29, 0.717) is 0 Å². The summed E-state index contributed by atoms with van der Waals surface area (Å²) >= 11 is 1.39. The van der Waals surface area contributed by atoms with Gasteiger partial charge in [0.1, 0.15) is 5.25 Å². The van der Waals surface area contributed by atoms with E-state index in [1.54, 1.807) is 17.8 Å². The summed E-state index contributed by atoms with van der Waals surface area (Å²) in [5.74, 6) is -0.252. The number of aliphatic imine (C=N–C) groups is 1. The Morgan fingerprint density at radius 3 is 3.10 bits per heavy atom. The first kappa shape index (κ1) is 7.34. The minimum Gasteiger partial charge on any atom is -0.468 e. The molecule has 0 saturated carbocycles. The van der Waals surface area contributed by atoms with Crippen molar-refractivity contribution < 1.29 is 9.53 Å². The van der Waals surface area contributed by atoms with Crippen LogP contribution < -0.4 is 0 Å². The third-order valence-corrected chi connectivity index (χ3v) is 1.91. The number of hydrogen-bond donors (Lipinski definition) is 0. The smallest absolute Gasteiger partial charge is 0.324 e. The van der Waals surface area contributed by atoms with Gasteiger partial charge in [0.05, 0.1) is 7.11 Å². The number of esters is 1. The van der Waals surface area contributed by atoms with Crippen LogP contribution in [0.3, 0.4) is 0 Å². The van der Waals surface area contributed by atoms with Crippen molar-refractivity contribution in [2.75, 3.05) is 7.11 Å². The number of thioether (sulfide) groups is 1. The van der Waals surface area contributed by atoms with Crippen molar-refractivity contribution >= 4 is 23.9 Å². The number of ether oxygens (including phenoxy) is 1. The van der Waals surface area contributed by atoms with Gasteiger partial charge in [0.25, 0.3) is 0 Å². The van der Waals surface area contributed by atoms with E-state index in [1.165, 1.54) is 18.9 Å². The predicted molar refractivity (Wildman–Crippen MR) is 41.0 cm³/mol. The Balaban J connectivity index is 2.51. The van der Waals surface area contributed by atoms with Crippen LogP contribution in [-0.2, 0) is 9.53 Å². The van der Waals surface area contributed by atoms with Gasteiger partial charge in [-0.2, -0.15) is 0 Å². The molecule has 0 aliphatic carbocycles. The minimum atomic E-state index is -0.255. The highest BCUT2D eigenvalue weighted by Crippen LogP contribution is 2.15. The Morgan fingerprint density at radius 1 is 1.80 bits per heavy atom. The van der Waals surface area contributed by atoms with Crippen molar-refractivity contribution in [1.82, 2.24) is 0 Å². The summed E-state index contributed by atoms with van der Waals surface area (Å²) < 4.78 is 4.50. The number of methoxy groups -OCH3 is 1. The highest BCUT2D eigenvalue weighted by molar-refractivity contribution is 8.04. The molecule has 0 fully saturated rings. The van der Waals surface area contributed by atoms with Crippen LogP contribution in [0.15, 0.2) is 16.6 Å². The molecule has 0 aromatic rings. The van der Waals surface area contributed by atoms with Gasteiger partial charge in [0.2, 0.25) is 0 Å². The molecular formula is C6H7NO2S. The van der Waals surface area contributed by atoms with Gasteiger partial charge in [-0.1, -0.05) is 0 Å². The lowest BCUT2D eigenvalue weighted by Crippen LogP contribution is -2.20. The second-order valence-electron chi connectivity index (χ2n) is 1.66. The molecule has 0 spiro atoms. The van der Waals surface area contributed by atoms with E-state index in [2.05, 4.69) is 9.73 Å². The lowest BCUT2D eigenvalue weighted by Gasteiger charge is -2.07. The second-order valence-corrected chi connectivity index (χ2v) is 2.72. The molecule has 0 aromatic heterocycles. The Hall–Kier alpha value is -0.770. The molecule has 54 valence electrons. The molecule has 1 rings (SSSR count). The summed E-state index contributed by atoms with van der Waals surface area (Å²) in [6.07, 6.45) is 3.21. The van der Waals surface area contributed by atoms with Crippen LogP contribution >= 0.6 is 11.8 Å². The maximum atomic E-state index is 10.8. The summed E-state index contributed by atoms with van der Waals surface area (Å²) in [6.45, 7) is 0. The first-order valence-corrected chi connectivity index (χ1v) is 3.70. The van der Waals surface area contributed by atoms with Gasteiger partial charge in [-0.3, -0.25) is 9.79 Å². The van der Waals surface area contributed by atoms with Crippen LogP contribution in [0.5, 0.6) is 0 Å². The molecule has 0 radical (unpaired) electrons. The van der Waals surface area contributed by atoms with Gasteiger partial charge in [0.15, 0.2) is 0 Å². The highest BCUT2D eigenvalue weighted by Gasteiger charge is 2.16. The average molecular weight is 157 g/mol. The molecule has 1 atom stereocenters. The molecule has 10 heavy (non-hydrogen) atoms. The van der Waals surface area contributed by atoms with Crippen LogP contribution in [0, 0.1) is 0 Å². The zero-order valence-corrected chi connectivity index (χ0v) is 6.30.